The van der Waals surface area contributed by atoms with Crippen molar-refractivity contribution < 1.29 is 14.3 Å². The van der Waals surface area contributed by atoms with Gasteiger partial charge in [0.15, 0.2) is 0 Å². The van der Waals surface area contributed by atoms with E-state index in [1.165, 1.54) is 83.5 Å². The van der Waals surface area contributed by atoms with Gasteiger partial charge in [0.05, 0.1) is 11.7 Å². The van der Waals surface area contributed by atoms with Crippen LogP contribution in [0.25, 0.3) is 0 Å². The van der Waals surface area contributed by atoms with Gasteiger partial charge in [-0.3, -0.25) is 0 Å². The molecule has 1 aromatic carbocycles. The molecule has 0 aliphatic carbocycles. The minimum Gasteiger partial charge on any atom is -0.459 e. The molecule has 0 bridgehead atoms. The summed E-state index contributed by atoms with van der Waals surface area (Å²) in [7, 11) is 0. The van der Waals surface area contributed by atoms with E-state index in [1.807, 2.05) is 18.2 Å². The van der Waals surface area contributed by atoms with Gasteiger partial charge >= 0.3 is 5.97 Å². The van der Waals surface area contributed by atoms with Crippen LogP contribution in [0, 0.1) is 0 Å². The van der Waals surface area contributed by atoms with Crippen molar-refractivity contribution in [1.82, 2.24) is 0 Å². The minimum atomic E-state index is -0.254. The fourth-order valence-corrected chi connectivity index (χ4v) is 3.76. The summed E-state index contributed by atoms with van der Waals surface area (Å²) >= 11 is 0. The summed E-state index contributed by atoms with van der Waals surface area (Å²) in [4.78, 5) is 11.9. The zero-order valence-corrected chi connectivity index (χ0v) is 17.9. The highest BCUT2D eigenvalue weighted by Gasteiger charge is 2.39. The summed E-state index contributed by atoms with van der Waals surface area (Å²) in [5.74, 6) is -0.254. The van der Waals surface area contributed by atoms with Crippen molar-refractivity contribution >= 4 is 5.97 Å². The van der Waals surface area contributed by atoms with Crippen LogP contribution in [0.15, 0.2) is 30.3 Å². The first-order valence-corrected chi connectivity index (χ1v) is 11.7. The predicted molar refractivity (Wildman–Crippen MR) is 116 cm³/mol. The molecule has 0 N–H and O–H groups in total. The van der Waals surface area contributed by atoms with Crippen LogP contribution in [0.5, 0.6) is 0 Å². The lowest BCUT2D eigenvalue weighted by molar-refractivity contribution is 0.0476. The van der Waals surface area contributed by atoms with Crippen LogP contribution < -0.4 is 0 Å². The van der Waals surface area contributed by atoms with E-state index in [1.54, 1.807) is 12.1 Å². The molecule has 158 valence electrons. The smallest absolute Gasteiger partial charge is 0.338 e. The fourth-order valence-electron chi connectivity index (χ4n) is 3.76. The number of epoxide rings is 1. The number of rotatable bonds is 17. The van der Waals surface area contributed by atoms with Crippen LogP contribution in [0.1, 0.15) is 107 Å². The van der Waals surface area contributed by atoms with Gasteiger partial charge in [-0.1, -0.05) is 109 Å². The Kier molecular flexibility index (Phi) is 12.0. The van der Waals surface area contributed by atoms with Crippen molar-refractivity contribution in [3.05, 3.63) is 35.9 Å². The normalized spacial score (nSPS) is 18.2. The van der Waals surface area contributed by atoms with Crippen LogP contribution >= 0.6 is 0 Å². The molecule has 1 fully saturated rings. The molecule has 0 radical (unpaired) electrons. The monoisotopic (exact) mass is 388 g/mol. The number of hydrogen-bond acceptors (Lipinski definition) is 3. The van der Waals surface area contributed by atoms with Crippen molar-refractivity contribution in [3.8, 4) is 0 Å². The molecule has 1 saturated heterocycles. The summed E-state index contributed by atoms with van der Waals surface area (Å²) in [5, 5.41) is 0. The third kappa shape index (κ3) is 10.3. The SMILES string of the molecule is CCCCCCCCCCCCCCCC1OC1COC(=O)c1ccccc1. The Bertz CT molecular complexity index is 514. The molecule has 0 spiro atoms. The maximum absolute atomic E-state index is 11.9. The second-order valence-electron chi connectivity index (χ2n) is 8.21. The van der Waals surface area contributed by atoms with E-state index in [0.717, 1.165) is 6.42 Å². The first-order valence-electron chi connectivity index (χ1n) is 11.7. The average molecular weight is 389 g/mol. The molecular formula is C25H40O3. The number of unbranched alkanes of at least 4 members (excludes halogenated alkanes) is 12. The topological polar surface area (TPSA) is 38.8 Å². The summed E-state index contributed by atoms with van der Waals surface area (Å²) in [5.41, 5.74) is 0.608. The minimum absolute atomic E-state index is 0.116. The Morgan fingerprint density at radius 3 is 1.89 bits per heavy atom. The fraction of sp³-hybridized carbons (Fsp3) is 0.720. The molecule has 2 rings (SSSR count). The highest BCUT2D eigenvalue weighted by molar-refractivity contribution is 5.89. The Hall–Kier alpha value is -1.35. The van der Waals surface area contributed by atoms with Gasteiger partial charge < -0.3 is 9.47 Å². The van der Waals surface area contributed by atoms with Crippen molar-refractivity contribution in [1.29, 1.82) is 0 Å². The largest absolute Gasteiger partial charge is 0.459 e. The van der Waals surface area contributed by atoms with Gasteiger partial charge in [0.1, 0.15) is 12.7 Å². The molecule has 3 heteroatoms. The standard InChI is InChI=1S/C25H40O3/c1-2-3-4-5-6-7-8-9-10-11-12-13-17-20-23-24(28-23)21-27-25(26)22-18-15-14-16-19-22/h14-16,18-19,23-24H,2-13,17,20-21H2,1H3. The van der Waals surface area contributed by atoms with E-state index >= 15 is 0 Å². The number of ether oxygens (including phenoxy) is 2. The molecule has 3 nitrogen and oxygen atoms in total. The molecule has 1 heterocycles. The molecular weight excluding hydrogens is 348 g/mol. The lowest BCUT2D eigenvalue weighted by Crippen LogP contribution is -2.11. The number of carbonyl (C=O) groups is 1. The molecule has 2 atom stereocenters. The third-order valence-electron chi connectivity index (χ3n) is 5.67. The highest BCUT2D eigenvalue weighted by Crippen LogP contribution is 2.28. The first-order chi connectivity index (χ1) is 13.8. The van der Waals surface area contributed by atoms with Crippen LogP contribution in [-0.2, 0) is 9.47 Å². The molecule has 1 aliphatic rings. The zero-order valence-electron chi connectivity index (χ0n) is 17.9. The maximum Gasteiger partial charge on any atom is 0.338 e. The summed E-state index contributed by atoms with van der Waals surface area (Å²) in [6.45, 7) is 2.66. The summed E-state index contributed by atoms with van der Waals surface area (Å²) in [6.07, 6.45) is 19.5. The first kappa shape index (κ1) is 22.9. The number of benzene rings is 1. The van der Waals surface area contributed by atoms with Gasteiger partial charge in [-0.25, -0.2) is 4.79 Å². The second kappa shape index (κ2) is 14.6. The molecule has 28 heavy (non-hydrogen) atoms. The number of carbonyl (C=O) groups excluding carboxylic acids is 1. The van der Waals surface area contributed by atoms with Crippen LogP contribution in [-0.4, -0.2) is 24.8 Å². The van der Waals surface area contributed by atoms with Crippen molar-refractivity contribution in [2.45, 2.75) is 109 Å². The predicted octanol–water partition coefficient (Wildman–Crippen LogP) is 7.09. The average Bonchev–Trinajstić information content (AvgIpc) is 3.48. The zero-order chi connectivity index (χ0) is 19.9. The quantitative estimate of drug-likeness (QED) is 0.162. The van der Waals surface area contributed by atoms with Crippen molar-refractivity contribution in [3.63, 3.8) is 0 Å². The van der Waals surface area contributed by atoms with E-state index < -0.39 is 0 Å². The molecule has 0 saturated carbocycles. The molecule has 1 aromatic rings. The Balaban J connectivity index is 1.33. The van der Waals surface area contributed by atoms with Crippen LogP contribution in [0.4, 0.5) is 0 Å². The Morgan fingerprint density at radius 1 is 0.786 bits per heavy atom. The molecule has 2 unspecified atom stereocenters. The third-order valence-corrected chi connectivity index (χ3v) is 5.67. The van der Waals surface area contributed by atoms with Crippen LogP contribution in [0.2, 0.25) is 0 Å². The number of hydrogen-bond donors (Lipinski definition) is 0. The molecule has 1 aliphatic heterocycles. The summed E-state index contributed by atoms with van der Waals surface area (Å²) in [6, 6.07) is 9.15. The number of esters is 1. The lowest BCUT2D eigenvalue weighted by Gasteiger charge is -2.03. The van der Waals surface area contributed by atoms with E-state index in [9.17, 15) is 4.79 Å². The van der Waals surface area contributed by atoms with Gasteiger partial charge in [0.2, 0.25) is 0 Å². The van der Waals surface area contributed by atoms with Gasteiger partial charge in [0.25, 0.3) is 0 Å². The van der Waals surface area contributed by atoms with Gasteiger partial charge in [0, 0.05) is 0 Å². The van der Waals surface area contributed by atoms with Crippen molar-refractivity contribution in [2.24, 2.45) is 0 Å². The highest BCUT2D eigenvalue weighted by atomic mass is 16.6. The molecule has 0 aromatic heterocycles. The van der Waals surface area contributed by atoms with Crippen molar-refractivity contribution in [2.75, 3.05) is 6.61 Å². The van der Waals surface area contributed by atoms with Gasteiger partial charge in [-0.2, -0.15) is 0 Å². The summed E-state index contributed by atoms with van der Waals surface area (Å²) < 4.78 is 11.0. The Labute approximate surface area is 172 Å². The maximum atomic E-state index is 11.9. The van der Waals surface area contributed by atoms with E-state index in [-0.39, 0.29) is 12.1 Å². The lowest BCUT2D eigenvalue weighted by atomic mass is 10.0. The van der Waals surface area contributed by atoms with Gasteiger partial charge in [-0.05, 0) is 18.6 Å². The van der Waals surface area contributed by atoms with E-state index in [0.29, 0.717) is 18.3 Å². The molecule has 0 amide bonds. The Morgan fingerprint density at radius 2 is 1.32 bits per heavy atom. The second-order valence-corrected chi connectivity index (χ2v) is 8.21. The van der Waals surface area contributed by atoms with E-state index in [2.05, 4.69) is 6.92 Å². The van der Waals surface area contributed by atoms with Gasteiger partial charge in [-0.15, -0.1) is 0 Å². The van der Waals surface area contributed by atoms with E-state index in [4.69, 9.17) is 9.47 Å². The van der Waals surface area contributed by atoms with Crippen LogP contribution in [0.3, 0.4) is 0 Å².